The molecule has 0 unspecified atom stereocenters. The molecule has 0 heterocycles. The second-order valence-electron chi connectivity index (χ2n) is 4.48. The van der Waals surface area contributed by atoms with Crippen LogP contribution in [0.1, 0.15) is 33.1 Å². The van der Waals surface area contributed by atoms with Crippen LogP contribution in [0.15, 0.2) is 53.7 Å². The lowest BCUT2D eigenvalue weighted by Gasteiger charge is -2.07. The molecule has 0 radical (unpaired) electrons. The van der Waals surface area contributed by atoms with Crippen molar-refractivity contribution in [2.45, 2.75) is 33.1 Å². The Morgan fingerprint density at radius 1 is 1.25 bits per heavy atom. The molecule has 3 heteroatoms. The summed E-state index contributed by atoms with van der Waals surface area (Å²) in [6, 6.07) is 0. The molecule has 0 saturated heterocycles. The first-order valence-corrected chi connectivity index (χ1v) is 7.07. The molecule has 3 nitrogen and oxygen atoms in total. The first-order chi connectivity index (χ1) is 9.67. The van der Waals surface area contributed by atoms with Gasteiger partial charge in [0.05, 0.1) is 0 Å². The van der Waals surface area contributed by atoms with E-state index in [2.05, 4.69) is 43.5 Å². The molecule has 0 bridgehead atoms. The third-order valence-electron chi connectivity index (χ3n) is 3.09. The van der Waals surface area contributed by atoms with Crippen LogP contribution >= 0.6 is 0 Å². The smallest absolute Gasteiger partial charge is 0.244 e. The van der Waals surface area contributed by atoms with E-state index in [9.17, 15) is 4.79 Å². The van der Waals surface area contributed by atoms with Gasteiger partial charge in [0.2, 0.25) is 5.91 Å². The number of nitrogens with zero attached hydrogens (tertiary/aromatic N) is 1. The van der Waals surface area contributed by atoms with Crippen molar-refractivity contribution >= 4 is 12.6 Å². The number of nitrogens with one attached hydrogen (secondary N) is 1. The minimum absolute atomic E-state index is 0.131. The van der Waals surface area contributed by atoms with E-state index in [1.807, 2.05) is 6.08 Å². The Bertz CT molecular complexity index is 388. The van der Waals surface area contributed by atoms with Gasteiger partial charge in [0.15, 0.2) is 0 Å². The maximum Gasteiger partial charge on any atom is 0.244 e. The lowest BCUT2D eigenvalue weighted by molar-refractivity contribution is -0.116. The highest BCUT2D eigenvalue weighted by Gasteiger charge is 1.99. The molecule has 1 amide bonds. The number of carbonyl (C=O) groups is 1. The molecule has 1 N–H and O–H groups in total. The summed E-state index contributed by atoms with van der Waals surface area (Å²) >= 11 is 0. The van der Waals surface area contributed by atoms with Crippen LogP contribution in [0.25, 0.3) is 0 Å². The average Bonchev–Trinajstić information content (AvgIpc) is 2.47. The van der Waals surface area contributed by atoms with E-state index in [1.165, 1.54) is 18.9 Å². The Balaban J connectivity index is 4.02. The molecule has 0 aliphatic carbocycles. The predicted molar refractivity (Wildman–Crippen MR) is 87.8 cm³/mol. The van der Waals surface area contributed by atoms with E-state index in [-0.39, 0.29) is 5.91 Å². The number of aliphatic imine (C=N–C) groups is 1. The van der Waals surface area contributed by atoms with Gasteiger partial charge in [-0.05, 0) is 30.7 Å². The fraction of sp³-hybridized carbons (Fsp3) is 0.412. The molecule has 0 aliphatic heterocycles. The van der Waals surface area contributed by atoms with Gasteiger partial charge in [-0.2, -0.15) is 0 Å². The Kier molecular flexibility index (Phi) is 11.0. The summed E-state index contributed by atoms with van der Waals surface area (Å²) < 4.78 is 0. The number of carbonyl (C=O) groups excluding carboxylic acids is 1. The minimum Gasteiger partial charge on any atom is -0.349 e. The summed E-state index contributed by atoms with van der Waals surface area (Å²) in [7, 11) is 0. The quantitative estimate of drug-likeness (QED) is 0.280. The highest BCUT2D eigenvalue weighted by atomic mass is 16.1. The number of hydrogen-bond acceptors (Lipinski definition) is 2. The maximum atomic E-state index is 11.5. The molecule has 0 atom stereocenters. The van der Waals surface area contributed by atoms with Gasteiger partial charge in [0, 0.05) is 18.8 Å². The summed E-state index contributed by atoms with van der Waals surface area (Å²) in [6.45, 7) is 11.9. The monoisotopic (exact) mass is 274 g/mol. The second-order valence-corrected chi connectivity index (χ2v) is 4.48. The zero-order valence-electron chi connectivity index (χ0n) is 12.6. The average molecular weight is 274 g/mol. The van der Waals surface area contributed by atoms with E-state index < -0.39 is 0 Å². The van der Waals surface area contributed by atoms with Gasteiger partial charge in [-0.15, -0.1) is 0 Å². The maximum absolute atomic E-state index is 11.5. The molecular weight excluding hydrogens is 248 g/mol. The van der Waals surface area contributed by atoms with E-state index in [1.54, 1.807) is 18.4 Å². The summed E-state index contributed by atoms with van der Waals surface area (Å²) in [6.07, 6.45) is 13.9. The van der Waals surface area contributed by atoms with Gasteiger partial charge in [-0.1, -0.05) is 51.5 Å². The molecule has 0 aromatic carbocycles. The van der Waals surface area contributed by atoms with Crippen molar-refractivity contribution in [1.82, 2.24) is 5.32 Å². The molecular formula is C17H26N2O. The zero-order chi connectivity index (χ0) is 15.2. The van der Waals surface area contributed by atoms with Crippen molar-refractivity contribution in [3.05, 3.63) is 48.7 Å². The van der Waals surface area contributed by atoms with Gasteiger partial charge >= 0.3 is 0 Å². The van der Waals surface area contributed by atoms with Crippen molar-refractivity contribution in [3.63, 3.8) is 0 Å². The van der Waals surface area contributed by atoms with Crippen molar-refractivity contribution in [3.8, 4) is 0 Å². The Hall–Kier alpha value is -1.90. The van der Waals surface area contributed by atoms with Crippen molar-refractivity contribution in [2.75, 3.05) is 6.54 Å². The Labute approximate surface area is 122 Å². The van der Waals surface area contributed by atoms with E-state index in [0.717, 1.165) is 17.9 Å². The van der Waals surface area contributed by atoms with E-state index in [0.29, 0.717) is 6.54 Å². The van der Waals surface area contributed by atoms with Gasteiger partial charge in [-0.25, -0.2) is 0 Å². The van der Waals surface area contributed by atoms with Crippen LogP contribution in [0, 0.1) is 5.92 Å². The Morgan fingerprint density at radius 3 is 2.50 bits per heavy atom. The van der Waals surface area contributed by atoms with Crippen molar-refractivity contribution in [2.24, 2.45) is 10.9 Å². The first kappa shape index (κ1) is 18.1. The van der Waals surface area contributed by atoms with Gasteiger partial charge in [0.25, 0.3) is 0 Å². The summed E-state index contributed by atoms with van der Waals surface area (Å²) in [5, 5.41) is 2.79. The molecule has 0 aliphatic rings. The minimum atomic E-state index is -0.131. The highest BCUT2D eigenvalue weighted by molar-refractivity contribution is 5.88. The molecule has 0 aromatic rings. The summed E-state index contributed by atoms with van der Waals surface area (Å²) in [5.41, 5.74) is 0.749. The largest absolute Gasteiger partial charge is 0.349 e. The molecule has 0 fully saturated rings. The molecule has 0 rings (SSSR count). The van der Waals surface area contributed by atoms with Gasteiger partial charge < -0.3 is 5.32 Å². The third-order valence-corrected chi connectivity index (χ3v) is 3.09. The number of rotatable bonds is 10. The third kappa shape index (κ3) is 9.09. The molecule has 0 spiro atoms. The lowest BCUT2D eigenvalue weighted by atomic mass is 9.99. The molecule has 0 saturated carbocycles. The topological polar surface area (TPSA) is 41.5 Å². The van der Waals surface area contributed by atoms with Crippen LogP contribution in [-0.2, 0) is 4.79 Å². The highest BCUT2D eigenvalue weighted by Crippen LogP contribution is 2.12. The van der Waals surface area contributed by atoms with Gasteiger partial charge in [-0.3, -0.25) is 9.79 Å². The molecule has 20 heavy (non-hydrogen) atoms. The van der Waals surface area contributed by atoms with Crippen LogP contribution in [0.5, 0.6) is 0 Å². The first-order valence-electron chi connectivity index (χ1n) is 7.07. The lowest BCUT2D eigenvalue weighted by Crippen LogP contribution is -2.20. The SMILES string of the molecule is C=CC(/C=C/C(=O)NC/C=C/CC(CC)CC)=C\N=C. The van der Waals surface area contributed by atoms with Crippen molar-refractivity contribution < 1.29 is 4.79 Å². The van der Waals surface area contributed by atoms with Crippen LogP contribution in [-0.4, -0.2) is 19.2 Å². The van der Waals surface area contributed by atoms with Crippen LogP contribution in [0.2, 0.25) is 0 Å². The predicted octanol–water partition coefficient (Wildman–Crippen LogP) is 3.81. The van der Waals surface area contributed by atoms with Crippen LogP contribution in [0.4, 0.5) is 0 Å². The van der Waals surface area contributed by atoms with Crippen LogP contribution < -0.4 is 5.32 Å². The van der Waals surface area contributed by atoms with Crippen molar-refractivity contribution in [1.29, 1.82) is 0 Å². The normalized spacial score (nSPS) is 12.2. The summed E-state index contributed by atoms with van der Waals surface area (Å²) in [4.78, 5) is 15.2. The molecule has 0 aromatic heterocycles. The number of amides is 1. The standard InChI is InChI=1S/C17H26N2O/c1-5-15(6-2)10-8-9-13-19-17(20)12-11-16(7-3)14-18-4/h7-9,11-12,14-15H,3-6,10,13H2,1-2H3,(H,19,20)/b9-8+,12-11+,16-14+. The van der Waals surface area contributed by atoms with Gasteiger partial charge in [0.1, 0.15) is 0 Å². The number of allylic oxidation sites excluding steroid dienone is 4. The summed E-state index contributed by atoms with van der Waals surface area (Å²) in [5.74, 6) is 0.613. The van der Waals surface area contributed by atoms with E-state index in [4.69, 9.17) is 0 Å². The second kappa shape index (κ2) is 12.2. The fourth-order valence-corrected chi connectivity index (χ4v) is 1.65. The van der Waals surface area contributed by atoms with Crippen LogP contribution in [0.3, 0.4) is 0 Å². The zero-order valence-corrected chi connectivity index (χ0v) is 12.6. The Morgan fingerprint density at radius 2 is 1.95 bits per heavy atom. The number of hydrogen-bond donors (Lipinski definition) is 1. The molecule has 110 valence electrons. The fourth-order valence-electron chi connectivity index (χ4n) is 1.65. The van der Waals surface area contributed by atoms with E-state index >= 15 is 0 Å².